The Morgan fingerprint density at radius 1 is 0.962 bits per heavy atom. The number of nitrogens with one attached hydrogen (secondary N) is 2. The van der Waals surface area contributed by atoms with Crippen molar-refractivity contribution >= 4 is 21.7 Å². The maximum absolute atomic E-state index is 12.4. The van der Waals surface area contributed by atoms with Crippen LogP contribution in [-0.4, -0.2) is 14.4 Å². The summed E-state index contributed by atoms with van der Waals surface area (Å²) in [6.07, 6.45) is 1.54. The minimum atomic E-state index is -3.77. The second-order valence-electron chi connectivity index (χ2n) is 5.53. The summed E-state index contributed by atoms with van der Waals surface area (Å²) in [6.45, 7) is 0. The molecule has 2 aromatic carbocycles. The van der Waals surface area contributed by atoms with Crippen molar-refractivity contribution in [1.29, 1.82) is 0 Å². The van der Waals surface area contributed by atoms with Crippen molar-refractivity contribution in [2.45, 2.75) is 10.9 Å². The van der Waals surface area contributed by atoms with Crippen LogP contribution in [0.15, 0.2) is 82.3 Å². The molecule has 26 heavy (non-hydrogen) atoms. The fraction of sp³-hybridized carbons (Fsp3) is 0.0556. The number of carbonyl (C=O) groups excluding carboxylic acids is 1. The van der Waals surface area contributed by atoms with Crippen molar-refractivity contribution in [3.05, 3.63) is 84.3 Å². The van der Waals surface area contributed by atoms with Crippen molar-refractivity contribution in [2.75, 3.05) is 5.32 Å². The van der Waals surface area contributed by atoms with Gasteiger partial charge in [0.05, 0.1) is 11.2 Å². The van der Waals surface area contributed by atoms with Gasteiger partial charge in [0, 0.05) is 5.69 Å². The summed E-state index contributed by atoms with van der Waals surface area (Å²) in [5.41, 5.74) is 1.29. The topological polar surface area (TPSA) is 114 Å². The lowest BCUT2D eigenvalue weighted by atomic mass is 10.1. The van der Waals surface area contributed by atoms with Crippen LogP contribution in [0.2, 0.25) is 0 Å². The van der Waals surface area contributed by atoms with Gasteiger partial charge in [-0.15, -0.1) is 0 Å². The number of carbonyl (C=O) groups is 1. The molecule has 134 valence electrons. The van der Waals surface area contributed by atoms with Gasteiger partial charge in [0.2, 0.25) is 10.0 Å². The predicted octanol–water partition coefficient (Wildman–Crippen LogP) is 2.84. The summed E-state index contributed by atoms with van der Waals surface area (Å²) in [7, 11) is -3.77. The summed E-state index contributed by atoms with van der Waals surface area (Å²) >= 11 is 0. The summed E-state index contributed by atoms with van der Waals surface area (Å²) in [5.74, 6) is 0.593. The zero-order chi connectivity index (χ0) is 18.6. The van der Waals surface area contributed by atoms with Crippen LogP contribution in [0, 0.1) is 0 Å². The number of nitrogens with two attached hydrogens (primary N) is 1. The third-order valence-electron chi connectivity index (χ3n) is 3.68. The molecule has 0 saturated heterocycles. The Morgan fingerprint density at radius 3 is 2.23 bits per heavy atom. The maximum Gasteiger partial charge on any atom is 0.320 e. The lowest BCUT2D eigenvalue weighted by Gasteiger charge is -2.17. The first kappa shape index (κ1) is 17.7. The normalized spacial score (nSPS) is 12.3. The fourth-order valence-electron chi connectivity index (χ4n) is 2.45. The Labute approximate surface area is 150 Å². The highest BCUT2D eigenvalue weighted by Crippen LogP contribution is 2.22. The quantitative estimate of drug-likeness (QED) is 0.640. The van der Waals surface area contributed by atoms with Gasteiger partial charge >= 0.3 is 6.03 Å². The van der Waals surface area contributed by atoms with Gasteiger partial charge in [-0.3, -0.25) is 0 Å². The highest BCUT2D eigenvalue weighted by atomic mass is 32.2. The summed E-state index contributed by atoms with van der Waals surface area (Å²) in [4.78, 5) is 12.3. The monoisotopic (exact) mass is 371 g/mol. The van der Waals surface area contributed by atoms with E-state index in [0.717, 1.165) is 5.56 Å². The van der Waals surface area contributed by atoms with Crippen molar-refractivity contribution in [2.24, 2.45) is 5.14 Å². The van der Waals surface area contributed by atoms with Crippen LogP contribution in [0.4, 0.5) is 10.5 Å². The van der Waals surface area contributed by atoms with Crippen LogP contribution in [0.3, 0.4) is 0 Å². The summed E-state index contributed by atoms with van der Waals surface area (Å²) < 4.78 is 28.0. The van der Waals surface area contributed by atoms with E-state index < -0.39 is 22.1 Å². The molecule has 0 saturated carbocycles. The standard InChI is InChI=1S/C18H17N3O4S/c19-26(23,24)15-10-8-14(9-11-15)20-18(22)21-17(16-7-4-12-25-16)13-5-2-1-3-6-13/h1-12,17H,(H2,19,23,24)(H2,20,21,22). The number of rotatable bonds is 5. The Kier molecular flexibility index (Phi) is 5.06. The van der Waals surface area contributed by atoms with Gasteiger partial charge in [0.15, 0.2) is 0 Å². The van der Waals surface area contributed by atoms with Crippen LogP contribution < -0.4 is 15.8 Å². The molecule has 3 rings (SSSR count). The van der Waals surface area contributed by atoms with Gasteiger partial charge in [-0.2, -0.15) is 0 Å². The first-order chi connectivity index (χ1) is 12.4. The molecule has 1 aromatic heterocycles. The molecule has 4 N–H and O–H groups in total. The van der Waals surface area contributed by atoms with Crippen molar-refractivity contribution < 1.29 is 17.6 Å². The Hall–Kier alpha value is -3.10. The first-order valence-electron chi connectivity index (χ1n) is 7.72. The van der Waals surface area contributed by atoms with Gasteiger partial charge in [-0.05, 0) is 42.0 Å². The number of hydrogen-bond acceptors (Lipinski definition) is 4. The van der Waals surface area contributed by atoms with Gasteiger partial charge in [-0.25, -0.2) is 18.4 Å². The molecule has 0 aliphatic rings. The molecule has 0 bridgehead atoms. The van der Waals surface area contributed by atoms with Gasteiger partial charge < -0.3 is 15.1 Å². The molecule has 1 heterocycles. The Bertz CT molecular complexity index is 969. The average molecular weight is 371 g/mol. The number of urea groups is 1. The zero-order valence-corrected chi connectivity index (χ0v) is 14.4. The van der Waals surface area contributed by atoms with E-state index in [9.17, 15) is 13.2 Å². The molecule has 7 nitrogen and oxygen atoms in total. The molecule has 0 radical (unpaired) electrons. The van der Waals surface area contributed by atoms with Crippen LogP contribution in [0.5, 0.6) is 0 Å². The molecule has 1 atom stereocenters. The SMILES string of the molecule is NS(=O)(=O)c1ccc(NC(=O)NC(c2ccccc2)c2ccco2)cc1. The lowest BCUT2D eigenvalue weighted by molar-refractivity contribution is 0.248. The van der Waals surface area contributed by atoms with Gasteiger partial charge in [-0.1, -0.05) is 30.3 Å². The molecule has 8 heteroatoms. The number of hydrogen-bond donors (Lipinski definition) is 3. The molecule has 0 aliphatic heterocycles. The molecule has 2 amide bonds. The predicted molar refractivity (Wildman–Crippen MR) is 97.0 cm³/mol. The fourth-order valence-corrected chi connectivity index (χ4v) is 2.96. The van der Waals surface area contributed by atoms with E-state index in [-0.39, 0.29) is 4.90 Å². The van der Waals surface area contributed by atoms with Crippen LogP contribution >= 0.6 is 0 Å². The minimum absolute atomic E-state index is 0.0267. The van der Waals surface area contributed by atoms with E-state index in [0.29, 0.717) is 11.4 Å². The molecule has 0 fully saturated rings. The smallest absolute Gasteiger partial charge is 0.320 e. The van der Waals surface area contributed by atoms with Crippen molar-refractivity contribution in [3.8, 4) is 0 Å². The van der Waals surface area contributed by atoms with Crippen LogP contribution in [-0.2, 0) is 10.0 Å². The third kappa shape index (κ3) is 4.29. The summed E-state index contributed by atoms with van der Waals surface area (Å²) in [5, 5.41) is 10.6. The van der Waals surface area contributed by atoms with E-state index in [2.05, 4.69) is 10.6 Å². The maximum atomic E-state index is 12.4. The van der Waals surface area contributed by atoms with E-state index in [1.165, 1.54) is 30.5 Å². The summed E-state index contributed by atoms with van der Waals surface area (Å²) in [6, 6.07) is 17.6. The number of primary sulfonamides is 1. The Morgan fingerprint density at radius 2 is 1.65 bits per heavy atom. The van der Waals surface area contributed by atoms with Crippen molar-refractivity contribution in [1.82, 2.24) is 5.32 Å². The molecule has 3 aromatic rings. The van der Waals surface area contributed by atoms with E-state index in [1.807, 2.05) is 30.3 Å². The van der Waals surface area contributed by atoms with E-state index >= 15 is 0 Å². The number of sulfonamides is 1. The number of benzene rings is 2. The number of anilines is 1. The Balaban J connectivity index is 1.74. The van der Waals surface area contributed by atoms with Crippen LogP contribution in [0.25, 0.3) is 0 Å². The first-order valence-corrected chi connectivity index (χ1v) is 9.27. The molecule has 0 aliphatic carbocycles. The highest BCUT2D eigenvalue weighted by Gasteiger charge is 2.19. The minimum Gasteiger partial charge on any atom is -0.467 e. The van der Waals surface area contributed by atoms with Crippen LogP contribution in [0.1, 0.15) is 17.4 Å². The average Bonchev–Trinajstić information content (AvgIpc) is 3.14. The van der Waals surface area contributed by atoms with Crippen molar-refractivity contribution in [3.63, 3.8) is 0 Å². The second kappa shape index (κ2) is 7.42. The largest absolute Gasteiger partial charge is 0.467 e. The number of furan rings is 1. The zero-order valence-electron chi connectivity index (χ0n) is 13.6. The highest BCUT2D eigenvalue weighted by molar-refractivity contribution is 7.89. The lowest BCUT2D eigenvalue weighted by Crippen LogP contribution is -2.33. The molecule has 0 spiro atoms. The van der Waals surface area contributed by atoms with Gasteiger partial charge in [0.25, 0.3) is 0 Å². The molecular weight excluding hydrogens is 354 g/mol. The number of amides is 2. The molecular formula is C18H17N3O4S. The third-order valence-corrected chi connectivity index (χ3v) is 4.61. The van der Waals surface area contributed by atoms with Gasteiger partial charge in [0.1, 0.15) is 11.8 Å². The molecule has 1 unspecified atom stereocenters. The van der Waals surface area contributed by atoms with E-state index in [1.54, 1.807) is 12.1 Å². The second-order valence-corrected chi connectivity index (χ2v) is 7.09. The van der Waals surface area contributed by atoms with E-state index in [4.69, 9.17) is 9.56 Å².